The van der Waals surface area contributed by atoms with Crippen LogP contribution in [0.3, 0.4) is 0 Å². The van der Waals surface area contributed by atoms with Crippen LogP contribution in [0.4, 0.5) is 4.39 Å². The number of aliphatic imine (C=N–C) groups is 1. The largest absolute Gasteiger partial charge is 0.384 e. The van der Waals surface area contributed by atoms with Crippen molar-refractivity contribution in [1.82, 2.24) is 10.6 Å². The first-order chi connectivity index (χ1) is 12.5. The fourth-order valence-electron chi connectivity index (χ4n) is 2.41. The summed E-state index contributed by atoms with van der Waals surface area (Å²) in [6.07, 6.45) is 0. The summed E-state index contributed by atoms with van der Waals surface area (Å²) >= 11 is 0. The standard InChI is InChI=1S/C20H23FN4O.HI/c1-3-23-19(24-13-16-10-9-15(12-22)11-18(16)21)25-14-20(2,26)17-7-5-4-6-8-17;/h4-11,26H,3,13-14H2,1-2H3,(H2,23,24,25);1H. The molecule has 27 heavy (non-hydrogen) atoms. The third kappa shape index (κ3) is 6.81. The molecule has 0 spiro atoms. The van der Waals surface area contributed by atoms with E-state index in [1.54, 1.807) is 19.1 Å². The highest BCUT2D eigenvalue weighted by Crippen LogP contribution is 2.18. The minimum Gasteiger partial charge on any atom is -0.384 e. The molecule has 7 heteroatoms. The average Bonchev–Trinajstić information content (AvgIpc) is 2.65. The van der Waals surface area contributed by atoms with Crippen LogP contribution in [0.5, 0.6) is 0 Å². The smallest absolute Gasteiger partial charge is 0.191 e. The summed E-state index contributed by atoms with van der Waals surface area (Å²) in [7, 11) is 0. The van der Waals surface area contributed by atoms with Crippen LogP contribution in [-0.4, -0.2) is 24.2 Å². The minimum absolute atomic E-state index is 0. The van der Waals surface area contributed by atoms with E-state index in [0.717, 1.165) is 5.56 Å². The van der Waals surface area contributed by atoms with Gasteiger partial charge in [-0.25, -0.2) is 9.38 Å². The van der Waals surface area contributed by atoms with Gasteiger partial charge in [0.1, 0.15) is 11.4 Å². The summed E-state index contributed by atoms with van der Waals surface area (Å²) in [5, 5.41) is 25.6. The van der Waals surface area contributed by atoms with Gasteiger partial charge in [-0.2, -0.15) is 5.26 Å². The number of hydrogen-bond donors (Lipinski definition) is 3. The van der Waals surface area contributed by atoms with Gasteiger partial charge in [0, 0.05) is 12.1 Å². The van der Waals surface area contributed by atoms with Crippen LogP contribution in [0.2, 0.25) is 0 Å². The molecule has 0 amide bonds. The zero-order valence-corrected chi connectivity index (χ0v) is 17.7. The molecule has 3 N–H and O–H groups in total. The lowest BCUT2D eigenvalue weighted by Gasteiger charge is -2.25. The second-order valence-corrected chi connectivity index (χ2v) is 6.11. The molecule has 0 saturated carbocycles. The maximum Gasteiger partial charge on any atom is 0.191 e. The van der Waals surface area contributed by atoms with Gasteiger partial charge in [0.15, 0.2) is 5.96 Å². The van der Waals surface area contributed by atoms with Gasteiger partial charge in [-0.3, -0.25) is 0 Å². The molecule has 0 radical (unpaired) electrons. The Morgan fingerprint density at radius 2 is 1.93 bits per heavy atom. The molecule has 1 unspecified atom stereocenters. The van der Waals surface area contributed by atoms with Gasteiger partial charge >= 0.3 is 0 Å². The lowest BCUT2D eigenvalue weighted by molar-refractivity contribution is 0.0617. The summed E-state index contributed by atoms with van der Waals surface area (Å²) in [5.41, 5.74) is 0.397. The second-order valence-electron chi connectivity index (χ2n) is 6.11. The molecule has 2 rings (SSSR count). The summed E-state index contributed by atoms with van der Waals surface area (Å²) in [4.78, 5) is 4.36. The van der Waals surface area contributed by atoms with Crippen LogP contribution in [-0.2, 0) is 12.1 Å². The SMILES string of the molecule is CCNC(=NCc1ccc(C#N)cc1F)NCC(C)(O)c1ccccc1.I. The number of guanidine groups is 1. The molecule has 0 bridgehead atoms. The van der Waals surface area contributed by atoms with E-state index in [9.17, 15) is 9.50 Å². The van der Waals surface area contributed by atoms with Crippen LogP contribution in [0, 0.1) is 17.1 Å². The zero-order valence-electron chi connectivity index (χ0n) is 15.4. The van der Waals surface area contributed by atoms with Gasteiger partial charge in [0.05, 0.1) is 24.7 Å². The van der Waals surface area contributed by atoms with Crippen LogP contribution in [0.25, 0.3) is 0 Å². The van der Waals surface area contributed by atoms with Gasteiger partial charge < -0.3 is 15.7 Å². The van der Waals surface area contributed by atoms with Crippen LogP contribution >= 0.6 is 24.0 Å². The lowest BCUT2D eigenvalue weighted by atomic mass is 9.96. The first-order valence-corrected chi connectivity index (χ1v) is 8.45. The first kappa shape index (κ1) is 22.9. The third-order valence-corrected chi connectivity index (χ3v) is 3.93. The van der Waals surface area contributed by atoms with Crippen molar-refractivity contribution < 1.29 is 9.50 Å². The van der Waals surface area contributed by atoms with Crippen molar-refractivity contribution in [2.24, 2.45) is 4.99 Å². The molecular weight excluding hydrogens is 458 g/mol. The van der Waals surface area contributed by atoms with E-state index in [2.05, 4.69) is 15.6 Å². The van der Waals surface area contributed by atoms with Crippen molar-refractivity contribution in [1.29, 1.82) is 5.26 Å². The summed E-state index contributed by atoms with van der Waals surface area (Å²) in [5.74, 6) is 0.0207. The molecule has 2 aromatic rings. The van der Waals surface area contributed by atoms with Gasteiger partial charge in [-0.05, 0) is 31.5 Å². The number of aliphatic hydroxyl groups is 1. The number of hydrogen-bond acceptors (Lipinski definition) is 3. The summed E-state index contributed by atoms with van der Waals surface area (Å²) < 4.78 is 14.0. The van der Waals surface area contributed by atoms with Gasteiger partial charge in [-0.1, -0.05) is 36.4 Å². The Labute approximate surface area is 176 Å². The number of nitrogens with one attached hydrogen (secondary N) is 2. The van der Waals surface area contributed by atoms with E-state index in [1.807, 2.05) is 43.3 Å². The molecule has 0 fully saturated rings. The predicted molar refractivity (Wildman–Crippen MR) is 115 cm³/mol. The summed E-state index contributed by atoms with van der Waals surface area (Å²) in [6, 6.07) is 15.6. The minimum atomic E-state index is -1.07. The number of rotatable bonds is 6. The fraction of sp³-hybridized carbons (Fsp3) is 0.300. The van der Waals surface area contributed by atoms with Crippen LogP contribution < -0.4 is 10.6 Å². The quantitative estimate of drug-likeness (QED) is 0.336. The highest BCUT2D eigenvalue weighted by atomic mass is 127. The first-order valence-electron chi connectivity index (χ1n) is 8.45. The second kappa shape index (κ2) is 10.8. The Morgan fingerprint density at radius 3 is 2.52 bits per heavy atom. The molecule has 0 heterocycles. The zero-order chi connectivity index (χ0) is 19.0. The van der Waals surface area contributed by atoms with Crippen LogP contribution in [0.1, 0.15) is 30.5 Å². The Kier molecular flexibility index (Phi) is 9.18. The van der Waals surface area contributed by atoms with Crippen molar-refractivity contribution in [3.8, 4) is 6.07 Å². The maximum atomic E-state index is 14.0. The molecule has 144 valence electrons. The van der Waals surface area contributed by atoms with Crippen molar-refractivity contribution >= 4 is 29.9 Å². The number of halogens is 2. The monoisotopic (exact) mass is 482 g/mol. The molecule has 2 aromatic carbocycles. The molecule has 0 aliphatic rings. The molecule has 0 saturated heterocycles. The predicted octanol–water partition coefficient (Wildman–Crippen LogP) is 3.28. The topological polar surface area (TPSA) is 80.4 Å². The normalized spacial score (nSPS) is 13.1. The molecule has 0 aliphatic carbocycles. The van der Waals surface area contributed by atoms with Gasteiger partial charge in [0.2, 0.25) is 0 Å². The number of nitriles is 1. The van der Waals surface area contributed by atoms with Crippen molar-refractivity contribution in [3.05, 3.63) is 71.0 Å². The Hall–Kier alpha value is -2.18. The van der Waals surface area contributed by atoms with E-state index < -0.39 is 11.4 Å². The maximum absolute atomic E-state index is 14.0. The fourth-order valence-corrected chi connectivity index (χ4v) is 2.41. The van der Waals surface area contributed by atoms with E-state index in [4.69, 9.17) is 5.26 Å². The number of nitrogens with zero attached hydrogens (tertiary/aromatic N) is 2. The van der Waals surface area contributed by atoms with E-state index in [1.165, 1.54) is 6.07 Å². The number of benzene rings is 2. The molecule has 5 nitrogen and oxygen atoms in total. The van der Waals surface area contributed by atoms with E-state index >= 15 is 0 Å². The Balaban J connectivity index is 0.00000364. The van der Waals surface area contributed by atoms with E-state index in [-0.39, 0.29) is 42.6 Å². The van der Waals surface area contributed by atoms with Gasteiger partial charge in [0.25, 0.3) is 0 Å². The molecule has 1 atom stereocenters. The lowest BCUT2D eigenvalue weighted by Crippen LogP contribution is -2.44. The third-order valence-electron chi connectivity index (χ3n) is 3.93. The molecule has 0 aliphatic heterocycles. The Bertz CT molecular complexity index is 803. The molecular formula is C20H24FIN4O. The van der Waals surface area contributed by atoms with Gasteiger partial charge in [-0.15, -0.1) is 24.0 Å². The summed E-state index contributed by atoms with van der Waals surface area (Å²) in [6.45, 7) is 4.65. The average molecular weight is 482 g/mol. The van der Waals surface area contributed by atoms with Crippen molar-refractivity contribution in [2.75, 3.05) is 13.1 Å². The Morgan fingerprint density at radius 1 is 1.22 bits per heavy atom. The molecule has 0 aromatic heterocycles. The highest BCUT2D eigenvalue weighted by Gasteiger charge is 2.22. The van der Waals surface area contributed by atoms with Crippen LogP contribution in [0.15, 0.2) is 53.5 Å². The van der Waals surface area contributed by atoms with Crippen molar-refractivity contribution in [2.45, 2.75) is 26.0 Å². The highest BCUT2D eigenvalue weighted by molar-refractivity contribution is 14.0. The van der Waals surface area contributed by atoms with E-state index in [0.29, 0.717) is 18.1 Å². The van der Waals surface area contributed by atoms with Crippen molar-refractivity contribution in [3.63, 3.8) is 0 Å².